The Morgan fingerprint density at radius 2 is 1.67 bits per heavy atom. The molecule has 0 fully saturated rings. The molecule has 0 aliphatic carbocycles. The summed E-state index contributed by atoms with van der Waals surface area (Å²) in [6.07, 6.45) is 0.837. The molecule has 0 bridgehead atoms. The van der Waals surface area contributed by atoms with Crippen LogP contribution < -0.4 is 4.52 Å². The number of hydrogen-bond donors (Lipinski definition) is 1. The van der Waals surface area contributed by atoms with E-state index in [-0.39, 0.29) is 11.3 Å². The molecule has 0 heterocycles. The maximum absolute atomic E-state index is 12.0. The normalized spacial score (nSPS) is 13.4. The van der Waals surface area contributed by atoms with E-state index in [9.17, 15) is 14.3 Å². The Kier molecular flexibility index (Phi) is 5.81. The van der Waals surface area contributed by atoms with Gasteiger partial charge in [-0.25, -0.2) is 9.36 Å². The van der Waals surface area contributed by atoms with E-state index in [4.69, 9.17) is 4.52 Å². The zero-order chi connectivity index (χ0) is 17.7. The molecular weight excluding hydrogens is 327 g/mol. The van der Waals surface area contributed by atoms with Crippen molar-refractivity contribution in [3.8, 4) is 5.75 Å². The van der Waals surface area contributed by atoms with Gasteiger partial charge in [0.1, 0.15) is 5.75 Å². The van der Waals surface area contributed by atoms with Crippen LogP contribution in [0.15, 0.2) is 48.5 Å². The van der Waals surface area contributed by atoms with E-state index in [0.717, 1.165) is 17.5 Å². The van der Waals surface area contributed by atoms with Gasteiger partial charge in [0, 0.05) is 0 Å². The van der Waals surface area contributed by atoms with Crippen molar-refractivity contribution in [3.05, 3.63) is 65.2 Å². The first-order chi connectivity index (χ1) is 11.3. The third-order valence-corrected chi connectivity index (χ3v) is 4.40. The van der Waals surface area contributed by atoms with Gasteiger partial charge in [-0.15, -0.1) is 0 Å². The number of carbonyl (C=O) groups is 1. The quantitative estimate of drug-likeness (QED) is 0.766. The van der Waals surface area contributed by atoms with E-state index in [2.05, 4.69) is 4.52 Å². The average molecular weight is 348 g/mol. The lowest BCUT2D eigenvalue weighted by Gasteiger charge is -2.13. The Labute approximate surface area is 141 Å². The molecule has 0 aliphatic heterocycles. The first kappa shape index (κ1) is 18.2. The molecule has 1 N–H and O–H groups in total. The smallest absolute Gasteiger partial charge is 0.395 e. The molecule has 1 atom stereocenters. The number of carbonyl (C=O) groups excluding carboxylic acids is 1. The van der Waals surface area contributed by atoms with E-state index in [1.165, 1.54) is 0 Å². The molecule has 5 nitrogen and oxygen atoms in total. The summed E-state index contributed by atoms with van der Waals surface area (Å²) >= 11 is 0. The maximum Gasteiger partial charge on any atom is 0.587 e. The van der Waals surface area contributed by atoms with Gasteiger partial charge in [0.2, 0.25) is 0 Å². The summed E-state index contributed by atoms with van der Waals surface area (Å²) in [5.74, 6) is -0.398. The largest absolute Gasteiger partial charge is 0.587 e. The van der Waals surface area contributed by atoms with Crippen LogP contribution in [0, 0.1) is 0 Å². The first-order valence-electron chi connectivity index (χ1n) is 7.76. The molecule has 0 spiro atoms. The lowest BCUT2D eigenvalue weighted by Crippen LogP contribution is -2.06. The highest BCUT2D eigenvalue weighted by atomic mass is 31.2. The van der Waals surface area contributed by atoms with E-state index < -0.39 is 13.8 Å². The molecule has 0 saturated heterocycles. The maximum atomic E-state index is 12.0. The van der Waals surface area contributed by atoms with Gasteiger partial charge >= 0.3 is 13.8 Å². The van der Waals surface area contributed by atoms with Crippen LogP contribution in [0.3, 0.4) is 0 Å². The highest BCUT2D eigenvalue weighted by Crippen LogP contribution is 2.44. The lowest BCUT2D eigenvalue weighted by atomic mass is 10.0. The fraction of sp³-hybridized carbons (Fsp3) is 0.278. The van der Waals surface area contributed by atoms with E-state index in [1.807, 2.05) is 20.8 Å². The Bertz CT molecular complexity index is 735. The number of benzene rings is 2. The fourth-order valence-electron chi connectivity index (χ4n) is 2.10. The molecule has 6 heteroatoms. The van der Waals surface area contributed by atoms with Crippen molar-refractivity contribution in [2.75, 3.05) is 0 Å². The van der Waals surface area contributed by atoms with Gasteiger partial charge in [0.15, 0.2) is 0 Å². The molecule has 0 aromatic heterocycles. The van der Waals surface area contributed by atoms with Crippen molar-refractivity contribution < 1.29 is 23.3 Å². The van der Waals surface area contributed by atoms with Crippen LogP contribution in [0.25, 0.3) is 0 Å². The Morgan fingerprint density at radius 1 is 1.08 bits per heavy atom. The third-order valence-electron chi connectivity index (χ3n) is 3.56. The second-order valence-electron chi connectivity index (χ2n) is 5.71. The van der Waals surface area contributed by atoms with Gasteiger partial charge in [-0.3, -0.25) is 4.89 Å². The molecule has 0 amide bonds. The van der Waals surface area contributed by atoms with Gasteiger partial charge in [-0.05, 0) is 47.7 Å². The third kappa shape index (κ3) is 4.95. The number of phosphoric acid groups is 1. The SMILES string of the molecule is CCc1ccc(C(=O)OP(=O)(O)Oc2ccc(C(C)C)cc2)cc1. The van der Waals surface area contributed by atoms with Gasteiger partial charge in [0.25, 0.3) is 0 Å². The highest BCUT2D eigenvalue weighted by molar-refractivity contribution is 7.48. The van der Waals surface area contributed by atoms with E-state index >= 15 is 0 Å². The van der Waals surface area contributed by atoms with Crippen molar-refractivity contribution >= 4 is 13.8 Å². The molecular formula is C18H21O5P. The predicted octanol–water partition coefficient (Wildman–Crippen LogP) is 4.71. The Morgan fingerprint density at radius 3 is 2.17 bits per heavy atom. The zero-order valence-corrected chi connectivity index (χ0v) is 14.8. The summed E-state index contributed by atoms with van der Waals surface area (Å²) in [4.78, 5) is 21.7. The van der Waals surface area contributed by atoms with Gasteiger partial charge < -0.3 is 9.05 Å². The lowest BCUT2D eigenvalue weighted by molar-refractivity contribution is 0.0683. The number of hydrogen-bond acceptors (Lipinski definition) is 4. The minimum Gasteiger partial charge on any atom is -0.395 e. The van der Waals surface area contributed by atoms with Crippen LogP contribution in [-0.4, -0.2) is 10.9 Å². The minimum atomic E-state index is -4.54. The van der Waals surface area contributed by atoms with Gasteiger partial charge in [-0.1, -0.05) is 45.0 Å². The zero-order valence-electron chi connectivity index (χ0n) is 13.9. The van der Waals surface area contributed by atoms with E-state index in [1.54, 1.807) is 48.5 Å². The standard InChI is InChI=1S/C18H21O5P/c1-4-14-5-7-16(8-6-14)18(19)23-24(20,21)22-17-11-9-15(10-12-17)13(2)3/h5-13H,4H2,1-3H3,(H,20,21). The second kappa shape index (κ2) is 7.65. The van der Waals surface area contributed by atoms with Crippen molar-refractivity contribution in [2.45, 2.75) is 33.1 Å². The van der Waals surface area contributed by atoms with Gasteiger partial charge in [-0.2, -0.15) is 0 Å². The molecule has 0 saturated carbocycles. The van der Waals surface area contributed by atoms with Crippen LogP contribution in [0.2, 0.25) is 0 Å². The molecule has 0 aliphatic rings. The van der Waals surface area contributed by atoms with Crippen LogP contribution >= 0.6 is 7.82 Å². The Balaban J connectivity index is 2.03. The molecule has 128 valence electrons. The molecule has 2 aromatic rings. The van der Waals surface area contributed by atoms with Gasteiger partial charge in [0.05, 0.1) is 5.56 Å². The molecule has 0 radical (unpaired) electrons. The topological polar surface area (TPSA) is 72.8 Å². The van der Waals surface area contributed by atoms with Crippen LogP contribution in [0.5, 0.6) is 5.75 Å². The number of phosphoric ester groups is 1. The number of rotatable bonds is 6. The molecule has 2 aromatic carbocycles. The summed E-state index contributed by atoms with van der Waals surface area (Å²) in [6, 6.07) is 13.4. The molecule has 1 unspecified atom stereocenters. The minimum absolute atomic E-state index is 0.166. The van der Waals surface area contributed by atoms with Crippen LogP contribution in [-0.2, 0) is 15.5 Å². The first-order valence-corrected chi connectivity index (χ1v) is 9.25. The van der Waals surface area contributed by atoms with E-state index in [0.29, 0.717) is 5.92 Å². The Hall–Kier alpha value is -2.10. The molecule has 24 heavy (non-hydrogen) atoms. The van der Waals surface area contributed by atoms with Crippen molar-refractivity contribution in [1.82, 2.24) is 0 Å². The molecule has 2 rings (SSSR count). The summed E-state index contributed by atoms with van der Waals surface area (Å²) < 4.78 is 21.6. The van der Waals surface area contributed by atoms with Crippen LogP contribution in [0.4, 0.5) is 0 Å². The van der Waals surface area contributed by atoms with Crippen LogP contribution in [0.1, 0.15) is 48.2 Å². The fourth-order valence-corrected chi connectivity index (χ4v) is 2.84. The monoisotopic (exact) mass is 348 g/mol. The summed E-state index contributed by atoms with van der Waals surface area (Å²) in [7, 11) is -4.54. The van der Waals surface area contributed by atoms with Crippen molar-refractivity contribution in [1.29, 1.82) is 0 Å². The number of aryl methyl sites for hydroxylation is 1. The highest BCUT2D eigenvalue weighted by Gasteiger charge is 2.28. The average Bonchev–Trinajstić information content (AvgIpc) is 2.54. The van der Waals surface area contributed by atoms with Crippen molar-refractivity contribution in [3.63, 3.8) is 0 Å². The predicted molar refractivity (Wildman–Crippen MR) is 92.2 cm³/mol. The summed E-state index contributed by atoms with van der Waals surface area (Å²) in [5, 5.41) is 0. The summed E-state index contributed by atoms with van der Waals surface area (Å²) in [6.45, 7) is 6.07. The van der Waals surface area contributed by atoms with Crippen molar-refractivity contribution in [2.24, 2.45) is 0 Å². The second-order valence-corrected chi connectivity index (χ2v) is 7.02. The summed E-state index contributed by atoms with van der Waals surface area (Å²) in [5.41, 5.74) is 2.32.